The summed E-state index contributed by atoms with van der Waals surface area (Å²) in [4.78, 5) is 11.5. The summed E-state index contributed by atoms with van der Waals surface area (Å²) in [6.07, 6.45) is 1.09. The maximum Gasteiger partial charge on any atom is 0.342 e. The Morgan fingerprint density at radius 3 is 2.83 bits per heavy atom. The van der Waals surface area contributed by atoms with E-state index in [1.54, 1.807) is 6.92 Å². The van der Waals surface area contributed by atoms with Crippen molar-refractivity contribution in [3.8, 4) is 0 Å². The molecule has 0 radical (unpaired) electrons. The Labute approximate surface area is 105 Å². The maximum absolute atomic E-state index is 12.0. The summed E-state index contributed by atoms with van der Waals surface area (Å²) < 4.78 is 29.7. The Morgan fingerprint density at radius 2 is 2.28 bits per heavy atom. The SMILES string of the molecule is CCOC(=O)c1cn[nH]c1S(=O)(=O)N(C)CCO. The van der Waals surface area contributed by atoms with Crippen molar-refractivity contribution in [3.05, 3.63) is 11.8 Å². The number of carbonyl (C=O) groups excluding carboxylic acids is 1. The van der Waals surface area contributed by atoms with Gasteiger partial charge in [0.25, 0.3) is 10.0 Å². The topological polar surface area (TPSA) is 113 Å². The first-order chi connectivity index (χ1) is 8.45. The van der Waals surface area contributed by atoms with Crippen molar-refractivity contribution in [3.63, 3.8) is 0 Å². The first kappa shape index (κ1) is 14.6. The lowest BCUT2D eigenvalue weighted by Crippen LogP contribution is -2.31. The lowest BCUT2D eigenvalue weighted by molar-refractivity contribution is 0.0521. The summed E-state index contributed by atoms with van der Waals surface area (Å²) in [5.41, 5.74) is -0.151. The minimum absolute atomic E-state index is 0.0797. The molecule has 1 heterocycles. The maximum atomic E-state index is 12.0. The number of esters is 1. The van der Waals surface area contributed by atoms with Gasteiger partial charge in [-0.1, -0.05) is 0 Å². The number of rotatable bonds is 6. The number of H-pyrrole nitrogens is 1. The number of ether oxygens (including phenoxy) is 1. The molecule has 0 saturated carbocycles. The molecule has 0 spiro atoms. The van der Waals surface area contributed by atoms with Crippen LogP contribution in [0, 0.1) is 0 Å². The van der Waals surface area contributed by atoms with E-state index in [-0.39, 0.29) is 30.3 Å². The Balaban J connectivity index is 3.11. The number of nitrogens with zero attached hydrogens (tertiary/aromatic N) is 2. The molecule has 0 saturated heterocycles. The van der Waals surface area contributed by atoms with Crippen molar-refractivity contribution in [2.45, 2.75) is 11.9 Å². The van der Waals surface area contributed by atoms with Gasteiger partial charge >= 0.3 is 5.97 Å². The summed E-state index contributed by atoms with van der Waals surface area (Å²) in [5.74, 6) is -0.762. The van der Waals surface area contributed by atoms with Crippen LogP contribution in [-0.4, -0.2) is 60.8 Å². The number of hydrogen-bond acceptors (Lipinski definition) is 6. The van der Waals surface area contributed by atoms with Crippen LogP contribution in [-0.2, 0) is 14.8 Å². The molecule has 1 aromatic rings. The van der Waals surface area contributed by atoms with Gasteiger partial charge in [0.15, 0.2) is 5.03 Å². The van der Waals surface area contributed by atoms with Gasteiger partial charge in [0.1, 0.15) is 5.56 Å². The van der Waals surface area contributed by atoms with Crippen LogP contribution in [0.4, 0.5) is 0 Å². The highest BCUT2D eigenvalue weighted by Gasteiger charge is 2.29. The van der Waals surface area contributed by atoms with Gasteiger partial charge in [-0.2, -0.15) is 9.40 Å². The third-order valence-corrected chi connectivity index (χ3v) is 4.01. The highest BCUT2D eigenvalue weighted by Crippen LogP contribution is 2.17. The molecule has 0 bridgehead atoms. The second kappa shape index (κ2) is 5.94. The van der Waals surface area contributed by atoms with Gasteiger partial charge in [0, 0.05) is 13.6 Å². The summed E-state index contributed by atoms with van der Waals surface area (Å²) >= 11 is 0. The minimum Gasteiger partial charge on any atom is -0.462 e. The molecule has 0 fully saturated rings. The van der Waals surface area contributed by atoms with Crippen LogP contribution < -0.4 is 0 Å². The van der Waals surface area contributed by atoms with Crippen LogP contribution in [0.25, 0.3) is 0 Å². The van der Waals surface area contributed by atoms with E-state index in [1.807, 2.05) is 0 Å². The number of hydrogen-bond donors (Lipinski definition) is 2. The van der Waals surface area contributed by atoms with E-state index >= 15 is 0 Å². The molecule has 0 aliphatic rings. The van der Waals surface area contributed by atoms with Gasteiger partial charge in [0.2, 0.25) is 0 Å². The highest BCUT2D eigenvalue weighted by molar-refractivity contribution is 7.89. The molecule has 8 nitrogen and oxygen atoms in total. The van der Waals surface area contributed by atoms with E-state index in [9.17, 15) is 13.2 Å². The van der Waals surface area contributed by atoms with Crippen molar-refractivity contribution in [1.29, 1.82) is 0 Å². The van der Waals surface area contributed by atoms with Crippen LogP contribution in [0.2, 0.25) is 0 Å². The number of nitrogens with one attached hydrogen (secondary N) is 1. The van der Waals surface area contributed by atoms with E-state index in [0.29, 0.717) is 0 Å². The number of likely N-dealkylation sites (N-methyl/N-ethyl adjacent to an activating group) is 1. The number of aromatic nitrogens is 2. The Hall–Kier alpha value is -1.45. The molecule has 0 atom stereocenters. The smallest absolute Gasteiger partial charge is 0.342 e. The van der Waals surface area contributed by atoms with Gasteiger partial charge in [-0.3, -0.25) is 5.10 Å². The fraction of sp³-hybridized carbons (Fsp3) is 0.556. The minimum atomic E-state index is -3.90. The van der Waals surface area contributed by atoms with Gasteiger partial charge < -0.3 is 9.84 Å². The summed E-state index contributed by atoms with van der Waals surface area (Å²) in [6.45, 7) is 1.35. The second-order valence-electron chi connectivity index (χ2n) is 3.38. The molecule has 0 amide bonds. The van der Waals surface area contributed by atoms with Crippen LogP contribution in [0.5, 0.6) is 0 Å². The molecule has 1 rings (SSSR count). The summed E-state index contributed by atoms with van der Waals surface area (Å²) in [6, 6.07) is 0. The third-order valence-electron chi connectivity index (χ3n) is 2.18. The van der Waals surface area contributed by atoms with Crippen molar-refractivity contribution in [2.75, 3.05) is 26.8 Å². The lowest BCUT2D eigenvalue weighted by Gasteiger charge is -2.15. The van der Waals surface area contributed by atoms with Crippen molar-refractivity contribution < 1.29 is 23.1 Å². The van der Waals surface area contributed by atoms with Crippen LogP contribution >= 0.6 is 0 Å². The molecule has 0 aliphatic heterocycles. The molecule has 0 aliphatic carbocycles. The van der Waals surface area contributed by atoms with Gasteiger partial charge in [-0.05, 0) is 6.92 Å². The average Bonchev–Trinajstić information content (AvgIpc) is 2.79. The Morgan fingerprint density at radius 1 is 1.61 bits per heavy atom. The molecule has 102 valence electrons. The Bertz CT molecular complexity index is 510. The summed E-state index contributed by atoms with van der Waals surface area (Å²) in [5, 5.41) is 14.2. The predicted molar refractivity (Wildman–Crippen MR) is 61.4 cm³/mol. The quantitative estimate of drug-likeness (QED) is 0.658. The van der Waals surface area contributed by atoms with E-state index in [0.717, 1.165) is 10.5 Å². The van der Waals surface area contributed by atoms with Crippen molar-refractivity contribution >= 4 is 16.0 Å². The molecule has 18 heavy (non-hydrogen) atoms. The first-order valence-electron chi connectivity index (χ1n) is 5.22. The van der Waals surface area contributed by atoms with Crippen LogP contribution in [0.1, 0.15) is 17.3 Å². The zero-order valence-electron chi connectivity index (χ0n) is 10.1. The normalized spacial score (nSPS) is 11.8. The van der Waals surface area contributed by atoms with Crippen molar-refractivity contribution in [2.24, 2.45) is 0 Å². The molecule has 1 aromatic heterocycles. The largest absolute Gasteiger partial charge is 0.462 e. The van der Waals surface area contributed by atoms with Crippen molar-refractivity contribution in [1.82, 2.24) is 14.5 Å². The summed E-state index contributed by atoms with van der Waals surface area (Å²) in [7, 11) is -2.60. The molecule has 2 N–H and O–H groups in total. The predicted octanol–water partition coefficient (Wildman–Crippen LogP) is -0.801. The van der Waals surface area contributed by atoms with E-state index in [2.05, 4.69) is 10.2 Å². The van der Waals surface area contributed by atoms with E-state index in [4.69, 9.17) is 9.84 Å². The fourth-order valence-corrected chi connectivity index (χ4v) is 2.46. The standard InChI is InChI=1S/C9H15N3O5S/c1-3-17-9(14)7-6-10-11-8(7)18(15,16)12(2)4-5-13/h6,13H,3-5H2,1-2H3,(H,10,11). The lowest BCUT2D eigenvalue weighted by atomic mass is 10.4. The number of aromatic amines is 1. The fourth-order valence-electron chi connectivity index (χ4n) is 1.24. The van der Waals surface area contributed by atoms with Crippen LogP contribution in [0.15, 0.2) is 11.2 Å². The second-order valence-corrected chi connectivity index (χ2v) is 5.37. The van der Waals surface area contributed by atoms with Gasteiger partial charge in [-0.15, -0.1) is 0 Å². The molecule has 9 heteroatoms. The Kier molecular flexibility index (Phi) is 4.82. The number of sulfonamides is 1. The zero-order valence-corrected chi connectivity index (χ0v) is 10.9. The van der Waals surface area contributed by atoms with Crippen LogP contribution in [0.3, 0.4) is 0 Å². The zero-order chi connectivity index (χ0) is 13.8. The van der Waals surface area contributed by atoms with Gasteiger partial charge in [0.05, 0.1) is 19.4 Å². The third kappa shape index (κ3) is 2.86. The number of aliphatic hydroxyl groups excluding tert-OH is 1. The van der Waals surface area contributed by atoms with Gasteiger partial charge in [-0.25, -0.2) is 13.2 Å². The molecule has 0 aromatic carbocycles. The molecular weight excluding hydrogens is 262 g/mol. The van der Waals surface area contributed by atoms with E-state index < -0.39 is 16.0 Å². The molecule has 0 unspecified atom stereocenters. The first-order valence-corrected chi connectivity index (χ1v) is 6.66. The monoisotopic (exact) mass is 277 g/mol. The average molecular weight is 277 g/mol. The highest BCUT2D eigenvalue weighted by atomic mass is 32.2. The number of aliphatic hydroxyl groups is 1. The molecular formula is C9H15N3O5S. The van der Waals surface area contributed by atoms with E-state index in [1.165, 1.54) is 7.05 Å². The number of carbonyl (C=O) groups is 1.